The van der Waals surface area contributed by atoms with Crippen LogP contribution in [0.4, 0.5) is 0 Å². The molecule has 0 N–H and O–H groups in total. The van der Waals surface area contributed by atoms with Crippen molar-refractivity contribution in [2.24, 2.45) is 0 Å². The van der Waals surface area contributed by atoms with Crippen molar-refractivity contribution in [1.29, 1.82) is 10.5 Å². The van der Waals surface area contributed by atoms with E-state index in [9.17, 15) is 9.59 Å². The Hall–Kier alpha value is -2.08. The topological polar surface area (TPSA) is 100 Å². The summed E-state index contributed by atoms with van der Waals surface area (Å²) in [5.41, 5.74) is 0. The molecule has 0 atom stereocenters. The monoisotopic (exact) mass is 196 g/mol. The third-order valence-electron chi connectivity index (χ3n) is 1.13. The van der Waals surface area contributed by atoms with Crippen LogP contribution in [0, 0.1) is 22.7 Å². The maximum Gasteiger partial charge on any atom is 0.307 e. The second-order valence-corrected chi connectivity index (χ2v) is 2.14. The van der Waals surface area contributed by atoms with Gasteiger partial charge in [0.05, 0.1) is 12.8 Å². The highest BCUT2D eigenvalue weighted by atomic mass is 16.5. The predicted octanol–water partition coefficient (Wildman–Crippen LogP) is -0.0998. The smallest absolute Gasteiger partial charge is 0.307 e. The Bertz CT molecular complexity index is 257. The normalized spacial score (nSPS) is 8.14. The average molecular weight is 196 g/mol. The van der Waals surface area contributed by atoms with Gasteiger partial charge in [0.2, 0.25) is 0 Å². The molecule has 0 aromatic rings. The van der Waals surface area contributed by atoms with Crippen molar-refractivity contribution in [3.8, 4) is 12.1 Å². The van der Waals surface area contributed by atoms with Gasteiger partial charge in [0.15, 0.2) is 13.2 Å². The average Bonchev–Trinajstić information content (AvgIpc) is 2.20. The van der Waals surface area contributed by atoms with Crippen LogP contribution >= 0.6 is 0 Å². The van der Waals surface area contributed by atoms with Crippen molar-refractivity contribution < 1.29 is 19.1 Å². The van der Waals surface area contributed by atoms with Crippen LogP contribution in [0.1, 0.15) is 12.8 Å². The van der Waals surface area contributed by atoms with E-state index in [1.807, 2.05) is 0 Å². The van der Waals surface area contributed by atoms with Gasteiger partial charge in [-0.3, -0.25) is 9.59 Å². The summed E-state index contributed by atoms with van der Waals surface area (Å²) in [6.07, 6.45) is -0.294. The first kappa shape index (κ1) is 11.9. The molecule has 0 rings (SSSR count). The first-order chi connectivity index (χ1) is 6.70. The van der Waals surface area contributed by atoms with Crippen molar-refractivity contribution in [2.75, 3.05) is 13.2 Å². The molecule has 0 heterocycles. The SMILES string of the molecule is N#CCOC(=O)CCC(=O)OCC#N. The third-order valence-corrected chi connectivity index (χ3v) is 1.13. The first-order valence-electron chi connectivity index (χ1n) is 3.76. The van der Waals surface area contributed by atoms with Gasteiger partial charge in [-0.05, 0) is 0 Å². The summed E-state index contributed by atoms with van der Waals surface area (Å²) in [5.74, 6) is -1.28. The minimum atomic E-state index is -0.638. The van der Waals surface area contributed by atoms with Crippen LogP contribution in [-0.2, 0) is 19.1 Å². The Morgan fingerprint density at radius 2 is 1.29 bits per heavy atom. The maximum absolute atomic E-state index is 10.7. The molecule has 0 aromatic carbocycles. The zero-order valence-corrected chi connectivity index (χ0v) is 7.36. The number of hydrogen-bond acceptors (Lipinski definition) is 6. The van der Waals surface area contributed by atoms with E-state index in [0.29, 0.717) is 0 Å². The number of esters is 2. The molecule has 0 saturated carbocycles. The van der Waals surface area contributed by atoms with Gasteiger partial charge in [0.1, 0.15) is 12.1 Å². The lowest BCUT2D eigenvalue weighted by Gasteiger charge is -1.99. The molecule has 0 aliphatic carbocycles. The van der Waals surface area contributed by atoms with Gasteiger partial charge in [-0.25, -0.2) is 0 Å². The van der Waals surface area contributed by atoms with Crippen molar-refractivity contribution >= 4 is 11.9 Å². The second kappa shape index (κ2) is 7.56. The van der Waals surface area contributed by atoms with E-state index in [4.69, 9.17) is 10.5 Å². The van der Waals surface area contributed by atoms with Crippen molar-refractivity contribution in [3.63, 3.8) is 0 Å². The minimum absolute atomic E-state index is 0.147. The fourth-order valence-corrected chi connectivity index (χ4v) is 0.574. The van der Waals surface area contributed by atoms with Crippen LogP contribution in [0.5, 0.6) is 0 Å². The number of hydrogen-bond donors (Lipinski definition) is 0. The van der Waals surface area contributed by atoms with Gasteiger partial charge in [-0.1, -0.05) is 0 Å². The lowest BCUT2D eigenvalue weighted by molar-refractivity contribution is -0.148. The number of rotatable bonds is 5. The number of carbonyl (C=O) groups excluding carboxylic acids is 2. The Morgan fingerprint density at radius 1 is 0.929 bits per heavy atom. The standard InChI is InChI=1S/C8H8N2O4/c9-3-5-13-7(11)1-2-8(12)14-6-4-10/h1-2,5-6H2. The Labute approximate surface area is 80.6 Å². The molecule has 0 fully saturated rings. The van der Waals surface area contributed by atoms with Crippen LogP contribution < -0.4 is 0 Å². The summed E-state index contributed by atoms with van der Waals surface area (Å²) in [5, 5.41) is 16.1. The Kier molecular flexibility index (Phi) is 6.44. The lowest BCUT2D eigenvalue weighted by atomic mass is 10.3. The summed E-state index contributed by atoms with van der Waals surface area (Å²) in [7, 11) is 0. The lowest BCUT2D eigenvalue weighted by Crippen LogP contribution is -2.10. The van der Waals surface area contributed by atoms with Gasteiger partial charge in [0, 0.05) is 0 Å². The van der Waals surface area contributed by atoms with Crippen molar-refractivity contribution in [1.82, 2.24) is 0 Å². The van der Waals surface area contributed by atoms with Gasteiger partial charge in [-0.2, -0.15) is 10.5 Å². The highest BCUT2D eigenvalue weighted by Gasteiger charge is 2.08. The van der Waals surface area contributed by atoms with Gasteiger partial charge in [0.25, 0.3) is 0 Å². The van der Waals surface area contributed by atoms with E-state index >= 15 is 0 Å². The van der Waals surface area contributed by atoms with Gasteiger partial charge >= 0.3 is 11.9 Å². The first-order valence-corrected chi connectivity index (χ1v) is 3.76. The minimum Gasteiger partial charge on any atom is -0.450 e. The highest BCUT2D eigenvalue weighted by molar-refractivity contribution is 5.77. The molecule has 0 radical (unpaired) electrons. The van der Waals surface area contributed by atoms with Crippen LogP contribution in [0.2, 0.25) is 0 Å². The molecular formula is C8H8N2O4. The number of nitriles is 2. The van der Waals surface area contributed by atoms with E-state index in [0.717, 1.165) is 0 Å². The fourth-order valence-electron chi connectivity index (χ4n) is 0.574. The predicted molar refractivity (Wildman–Crippen MR) is 42.4 cm³/mol. The van der Waals surface area contributed by atoms with E-state index in [1.165, 1.54) is 0 Å². The third kappa shape index (κ3) is 6.62. The molecule has 14 heavy (non-hydrogen) atoms. The second-order valence-electron chi connectivity index (χ2n) is 2.14. The van der Waals surface area contributed by atoms with Crippen LogP contribution in [0.25, 0.3) is 0 Å². The van der Waals surface area contributed by atoms with Crippen LogP contribution in [0.15, 0.2) is 0 Å². The summed E-state index contributed by atoms with van der Waals surface area (Å²) in [4.78, 5) is 21.5. The zero-order chi connectivity index (χ0) is 10.8. The molecule has 6 nitrogen and oxygen atoms in total. The zero-order valence-electron chi connectivity index (χ0n) is 7.36. The summed E-state index contributed by atoms with van der Waals surface area (Å²) in [6, 6.07) is 3.24. The molecule has 0 unspecified atom stereocenters. The van der Waals surface area contributed by atoms with E-state index < -0.39 is 11.9 Å². The van der Waals surface area contributed by atoms with E-state index in [2.05, 4.69) is 9.47 Å². The molecule has 6 heteroatoms. The van der Waals surface area contributed by atoms with Gasteiger partial charge < -0.3 is 9.47 Å². The molecule has 0 saturated heterocycles. The number of ether oxygens (including phenoxy) is 2. The van der Waals surface area contributed by atoms with Gasteiger partial charge in [-0.15, -0.1) is 0 Å². The molecule has 0 bridgehead atoms. The van der Waals surface area contributed by atoms with E-state index in [-0.39, 0.29) is 26.1 Å². The van der Waals surface area contributed by atoms with Crippen molar-refractivity contribution in [3.05, 3.63) is 0 Å². The van der Waals surface area contributed by atoms with Crippen LogP contribution in [-0.4, -0.2) is 25.2 Å². The summed E-state index contributed by atoms with van der Waals surface area (Å²) >= 11 is 0. The van der Waals surface area contributed by atoms with E-state index in [1.54, 1.807) is 12.1 Å². The number of nitrogens with zero attached hydrogens (tertiary/aromatic N) is 2. The molecule has 0 spiro atoms. The molecule has 0 aliphatic heterocycles. The summed E-state index contributed by atoms with van der Waals surface area (Å²) in [6.45, 7) is -0.655. The highest BCUT2D eigenvalue weighted by Crippen LogP contribution is 1.95. The maximum atomic E-state index is 10.7. The quantitative estimate of drug-likeness (QED) is 0.569. The number of carbonyl (C=O) groups is 2. The Morgan fingerprint density at radius 3 is 1.57 bits per heavy atom. The summed E-state index contributed by atoms with van der Waals surface area (Å²) < 4.78 is 8.75. The Balaban J connectivity index is 3.53. The fraction of sp³-hybridized carbons (Fsp3) is 0.500. The molecular weight excluding hydrogens is 188 g/mol. The molecule has 0 aliphatic rings. The molecule has 0 aromatic heterocycles. The molecule has 74 valence electrons. The van der Waals surface area contributed by atoms with Crippen LogP contribution in [0.3, 0.4) is 0 Å². The molecule has 0 amide bonds. The van der Waals surface area contributed by atoms with Crippen molar-refractivity contribution in [2.45, 2.75) is 12.8 Å². The largest absolute Gasteiger partial charge is 0.450 e.